The molecule has 5 nitrogen and oxygen atoms in total. The summed E-state index contributed by atoms with van der Waals surface area (Å²) >= 11 is 0. The number of urea groups is 1. The van der Waals surface area contributed by atoms with E-state index in [9.17, 15) is 9.59 Å². The Balaban J connectivity index is 2.22. The SMILES string of the molecule is CC(C)C1(CNC(=O)N(C)CCCC(=O)O)CC1. The molecule has 1 fully saturated rings. The summed E-state index contributed by atoms with van der Waals surface area (Å²) in [6.45, 7) is 5.59. The first-order chi connectivity index (χ1) is 8.37. The molecule has 0 unspecified atom stereocenters. The summed E-state index contributed by atoms with van der Waals surface area (Å²) in [6.07, 6.45) is 2.98. The van der Waals surface area contributed by atoms with E-state index in [4.69, 9.17) is 5.11 Å². The summed E-state index contributed by atoms with van der Waals surface area (Å²) < 4.78 is 0. The molecule has 104 valence electrons. The molecule has 0 bridgehead atoms. The minimum atomic E-state index is -0.819. The zero-order chi connectivity index (χ0) is 13.8. The number of nitrogens with one attached hydrogen (secondary N) is 1. The standard InChI is InChI=1S/C13H24N2O3/c1-10(2)13(6-7-13)9-14-12(18)15(3)8-4-5-11(16)17/h10H,4-9H2,1-3H3,(H,14,18)(H,16,17). The number of rotatable bonds is 7. The van der Waals surface area contributed by atoms with Gasteiger partial charge in [-0.1, -0.05) is 13.8 Å². The van der Waals surface area contributed by atoms with Crippen molar-refractivity contribution in [3.63, 3.8) is 0 Å². The Labute approximate surface area is 109 Å². The van der Waals surface area contributed by atoms with Crippen LogP contribution < -0.4 is 5.32 Å². The molecule has 0 heterocycles. The van der Waals surface area contributed by atoms with Crippen LogP contribution in [-0.4, -0.2) is 42.1 Å². The van der Waals surface area contributed by atoms with Crippen LogP contribution in [0.2, 0.25) is 0 Å². The minimum Gasteiger partial charge on any atom is -0.481 e. The maximum atomic E-state index is 11.8. The molecule has 18 heavy (non-hydrogen) atoms. The predicted molar refractivity (Wildman–Crippen MR) is 69.4 cm³/mol. The van der Waals surface area contributed by atoms with E-state index in [0.717, 1.165) is 6.54 Å². The highest BCUT2D eigenvalue weighted by Crippen LogP contribution is 2.51. The smallest absolute Gasteiger partial charge is 0.317 e. The Bertz CT molecular complexity index is 311. The lowest BCUT2D eigenvalue weighted by Gasteiger charge is -2.23. The topological polar surface area (TPSA) is 69.6 Å². The third kappa shape index (κ3) is 4.20. The fourth-order valence-corrected chi connectivity index (χ4v) is 2.07. The van der Waals surface area contributed by atoms with Crippen molar-refractivity contribution in [3.05, 3.63) is 0 Å². The average molecular weight is 256 g/mol. The molecule has 0 aromatic rings. The van der Waals surface area contributed by atoms with Gasteiger partial charge >= 0.3 is 12.0 Å². The molecule has 0 saturated heterocycles. The number of carbonyl (C=O) groups excluding carboxylic acids is 1. The summed E-state index contributed by atoms with van der Waals surface area (Å²) in [7, 11) is 1.70. The largest absolute Gasteiger partial charge is 0.481 e. The fraction of sp³-hybridized carbons (Fsp3) is 0.846. The highest BCUT2D eigenvalue weighted by atomic mass is 16.4. The summed E-state index contributed by atoms with van der Waals surface area (Å²) in [5, 5.41) is 11.5. The molecule has 1 aliphatic carbocycles. The lowest BCUT2D eigenvalue weighted by atomic mass is 9.92. The van der Waals surface area contributed by atoms with Crippen LogP contribution in [-0.2, 0) is 4.79 Å². The number of carboxylic acids is 1. The van der Waals surface area contributed by atoms with Gasteiger partial charge in [0.1, 0.15) is 0 Å². The van der Waals surface area contributed by atoms with Crippen LogP contribution >= 0.6 is 0 Å². The summed E-state index contributed by atoms with van der Waals surface area (Å²) in [5.74, 6) is -0.226. The third-order valence-corrected chi connectivity index (χ3v) is 3.94. The molecule has 0 spiro atoms. The first kappa shape index (κ1) is 14.8. The van der Waals surface area contributed by atoms with Crippen LogP contribution in [0.5, 0.6) is 0 Å². The van der Waals surface area contributed by atoms with Crippen LogP contribution in [0.15, 0.2) is 0 Å². The van der Waals surface area contributed by atoms with Gasteiger partial charge in [-0.15, -0.1) is 0 Å². The molecule has 1 saturated carbocycles. The van der Waals surface area contributed by atoms with Crippen molar-refractivity contribution < 1.29 is 14.7 Å². The lowest BCUT2D eigenvalue weighted by Crippen LogP contribution is -2.41. The van der Waals surface area contributed by atoms with E-state index in [1.165, 1.54) is 12.8 Å². The molecule has 0 aliphatic heterocycles. The highest BCUT2D eigenvalue weighted by Gasteiger charge is 2.45. The molecule has 2 amide bonds. The van der Waals surface area contributed by atoms with Gasteiger partial charge in [-0.3, -0.25) is 4.79 Å². The molecule has 2 N–H and O–H groups in total. The van der Waals surface area contributed by atoms with Crippen molar-refractivity contribution in [3.8, 4) is 0 Å². The van der Waals surface area contributed by atoms with E-state index in [0.29, 0.717) is 24.3 Å². The Hall–Kier alpha value is -1.26. The molecule has 0 radical (unpaired) electrons. The second-order valence-corrected chi connectivity index (χ2v) is 5.59. The first-order valence-electron chi connectivity index (χ1n) is 6.58. The number of carboxylic acid groups (broad SMARTS) is 1. The number of hydrogen-bond acceptors (Lipinski definition) is 2. The van der Waals surface area contributed by atoms with E-state index in [-0.39, 0.29) is 12.5 Å². The Morgan fingerprint density at radius 3 is 2.44 bits per heavy atom. The van der Waals surface area contributed by atoms with Crippen molar-refractivity contribution >= 4 is 12.0 Å². The average Bonchev–Trinajstić information content (AvgIpc) is 3.06. The molecular weight excluding hydrogens is 232 g/mol. The van der Waals surface area contributed by atoms with E-state index in [2.05, 4.69) is 19.2 Å². The van der Waals surface area contributed by atoms with Crippen molar-refractivity contribution in [1.29, 1.82) is 0 Å². The molecule has 0 aromatic carbocycles. The van der Waals surface area contributed by atoms with Gasteiger partial charge in [0.15, 0.2) is 0 Å². The quantitative estimate of drug-likeness (QED) is 0.731. The van der Waals surface area contributed by atoms with Crippen LogP contribution in [0, 0.1) is 11.3 Å². The predicted octanol–water partition coefficient (Wildman–Crippen LogP) is 1.93. The number of aliphatic carboxylic acids is 1. The van der Waals surface area contributed by atoms with E-state index in [1.54, 1.807) is 11.9 Å². The molecule has 5 heteroatoms. The molecule has 1 rings (SSSR count). The third-order valence-electron chi connectivity index (χ3n) is 3.94. The second kappa shape index (κ2) is 6.07. The number of nitrogens with zero attached hydrogens (tertiary/aromatic N) is 1. The normalized spacial score (nSPS) is 16.4. The second-order valence-electron chi connectivity index (χ2n) is 5.59. The van der Waals surface area contributed by atoms with E-state index in [1.807, 2.05) is 0 Å². The fourth-order valence-electron chi connectivity index (χ4n) is 2.07. The monoisotopic (exact) mass is 256 g/mol. The van der Waals surface area contributed by atoms with E-state index >= 15 is 0 Å². The van der Waals surface area contributed by atoms with Gasteiger partial charge in [0.25, 0.3) is 0 Å². The van der Waals surface area contributed by atoms with Crippen molar-refractivity contribution in [2.24, 2.45) is 11.3 Å². The van der Waals surface area contributed by atoms with Crippen molar-refractivity contribution in [1.82, 2.24) is 10.2 Å². The maximum absolute atomic E-state index is 11.8. The summed E-state index contributed by atoms with van der Waals surface area (Å²) in [5.41, 5.74) is 0.303. The number of hydrogen-bond donors (Lipinski definition) is 2. The molecule has 1 aliphatic rings. The highest BCUT2D eigenvalue weighted by molar-refractivity contribution is 5.74. The van der Waals surface area contributed by atoms with Gasteiger partial charge in [0.05, 0.1) is 0 Å². The van der Waals surface area contributed by atoms with Gasteiger partial charge in [-0.05, 0) is 30.6 Å². The van der Waals surface area contributed by atoms with Crippen LogP contribution in [0.4, 0.5) is 4.79 Å². The van der Waals surface area contributed by atoms with Gasteiger partial charge in [-0.25, -0.2) is 4.79 Å². The van der Waals surface area contributed by atoms with Gasteiger partial charge in [-0.2, -0.15) is 0 Å². The van der Waals surface area contributed by atoms with Crippen LogP contribution in [0.1, 0.15) is 39.5 Å². The summed E-state index contributed by atoms with van der Waals surface area (Å²) in [4.78, 5) is 23.7. The first-order valence-corrected chi connectivity index (χ1v) is 6.58. The van der Waals surface area contributed by atoms with E-state index < -0.39 is 5.97 Å². The minimum absolute atomic E-state index is 0.104. The van der Waals surface area contributed by atoms with Gasteiger partial charge < -0.3 is 15.3 Å². The molecular formula is C13H24N2O3. The zero-order valence-electron chi connectivity index (χ0n) is 11.5. The Morgan fingerprint density at radius 1 is 1.39 bits per heavy atom. The van der Waals surface area contributed by atoms with Crippen LogP contribution in [0.3, 0.4) is 0 Å². The van der Waals surface area contributed by atoms with Gasteiger partial charge in [0, 0.05) is 26.6 Å². The molecule has 0 aromatic heterocycles. The lowest BCUT2D eigenvalue weighted by molar-refractivity contribution is -0.137. The van der Waals surface area contributed by atoms with Crippen molar-refractivity contribution in [2.75, 3.05) is 20.1 Å². The molecule has 0 atom stereocenters. The van der Waals surface area contributed by atoms with Crippen LogP contribution in [0.25, 0.3) is 0 Å². The van der Waals surface area contributed by atoms with Gasteiger partial charge in [0.2, 0.25) is 0 Å². The number of amides is 2. The number of carbonyl (C=O) groups is 2. The zero-order valence-corrected chi connectivity index (χ0v) is 11.5. The van der Waals surface area contributed by atoms with Crippen molar-refractivity contribution in [2.45, 2.75) is 39.5 Å². The summed E-state index contributed by atoms with van der Waals surface area (Å²) in [6, 6.07) is -0.104. The Kier molecular flexibility index (Phi) is 4.99. The Morgan fingerprint density at radius 2 is 2.00 bits per heavy atom. The maximum Gasteiger partial charge on any atom is 0.317 e.